The third-order valence-electron chi connectivity index (χ3n) is 3.26. The minimum atomic E-state index is -0.873. The lowest BCUT2D eigenvalue weighted by Gasteiger charge is -2.25. The van der Waals surface area contributed by atoms with Crippen LogP contribution in [0.1, 0.15) is 42.6 Å². The number of carbonyl (C=O) groups is 2. The number of aliphatic hydroxyl groups excluding tert-OH is 1. The van der Waals surface area contributed by atoms with Crippen molar-refractivity contribution in [2.24, 2.45) is 0 Å². The van der Waals surface area contributed by atoms with Crippen molar-refractivity contribution < 1.29 is 24.9 Å². The van der Waals surface area contributed by atoms with Crippen LogP contribution in [0.15, 0.2) is 18.2 Å². The molecule has 1 aromatic carbocycles. The molecule has 0 spiro atoms. The maximum atomic E-state index is 12.1. The third-order valence-corrected chi connectivity index (χ3v) is 3.26. The lowest BCUT2D eigenvalue weighted by atomic mass is 9.97. The smallest absolute Gasteiger partial charge is 0.303 e. The molecule has 0 bridgehead atoms. The summed E-state index contributed by atoms with van der Waals surface area (Å²) in [5.41, 5.74) is 0.217. The van der Waals surface area contributed by atoms with Gasteiger partial charge in [0, 0.05) is 23.1 Å². The van der Waals surface area contributed by atoms with Crippen LogP contribution in [0.5, 0.6) is 5.75 Å². The Kier molecular flexibility index (Phi) is 5.87. The van der Waals surface area contributed by atoms with Gasteiger partial charge in [-0.15, -0.1) is 0 Å². The molecule has 0 fully saturated rings. The zero-order valence-electron chi connectivity index (χ0n) is 12.2. The fourth-order valence-corrected chi connectivity index (χ4v) is 1.82. The van der Waals surface area contributed by atoms with Crippen molar-refractivity contribution in [3.8, 4) is 5.75 Å². The number of carbonyl (C=O) groups excluding carboxylic acids is 1. The van der Waals surface area contributed by atoms with Gasteiger partial charge in [-0.2, -0.15) is 0 Å². The first kappa shape index (κ1) is 17.1. The van der Waals surface area contributed by atoms with Gasteiger partial charge in [0.1, 0.15) is 5.75 Å². The SMILES string of the molecule is CC(C)(CCC(=O)O)NCC(=O)c1ccc(O)c(CO)c1. The molecule has 0 amide bonds. The van der Waals surface area contributed by atoms with Crippen molar-refractivity contribution in [3.05, 3.63) is 29.3 Å². The van der Waals surface area contributed by atoms with Crippen molar-refractivity contribution in [1.29, 1.82) is 0 Å². The Morgan fingerprint density at radius 1 is 1.29 bits per heavy atom. The Bertz CT molecular complexity index is 525. The molecule has 0 heterocycles. The summed E-state index contributed by atoms with van der Waals surface area (Å²) >= 11 is 0. The minimum Gasteiger partial charge on any atom is -0.508 e. The summed E-state index contributed by atoms with van der Waals surface area (Å²) in [7, 11) is 0. The number of carboxylic acid groups (broad SMARTS) is 1. The molecule has 0 aromatic heterocycles. The van der Waals surface area contributed by atoms with Gasteiger partial charge in [0.25, 0.3) is 0 Å². The van der Waals surface area contributed by atoms with Crippen molar-refractivity contribution >= 4 is 11.8 Å². The van der Waals surface area contributed by atoms with E-state index in [1.54, 1.807) is 0 Å². The Morgan fingerprint density at radius 2 is 1.95 bits per heavy atom. The number of rotatable bonds is 8. The number of carboxylic acids is 1. The molecule has 6 heteroatoms. The predicted octanol–water partition coefficient (Wildman–Crippen LogP) is 1.30. The second kappa shape index (κ2) is 7.19. The molecular formula is C15H21NO5. The molecule has 0 aliphatic heterocycles. The normalized spacial score (nSPS) is 11.4. The lowest BCUT2D eigenvalue weighted by Crippen LogP contribution is -2.42. The van der Waals surface area contributed by atoms with Gasteiger partial charge < -0.3 is 20.6 Å². The molecule has 6 nitrogen and oxygen atoms in total. The maximum absolute atomic E-state index is 12.1. The van der Waals surface area contributed by atoms with E-state index in [2.05, 4.69) is 5.32 Å². The molecule has 21 heavy (non-hydrogen) atoms. The highest BCUT2D eigenvalue weighted by Crippen LogP contribution is 2.19. The highest BCUT2D eigenvalue weighted by molar-refractivity contribution is 5.98. The van der Waals surface area contributed by atoms with E-state index in [-0.39, 0.29) is 31.1 Å². The van der Waals surface area contributed by atoms with Crippen LogP contribution in [0.25, 0.3) is 0 Å². The first-order valence-electron chi connectivity index (χ1n) is 6.68. The summed E-state index contributed by atoms with van der Waals surface area (Å²) < 4.78 is 0. The lowest BCUT2D eigenvalue weighted by molar-refractivity contribution is -0.137. The van der Waals surface area contributed by atoms with E-state index in [0.717, 1.165) is 0 Å². The van der Waals surface area contributed by atoms with E-state index in [0.29, 0.717) is 17.5 Å². The van der Waals surface area contributed by atoms with Gasteiger partial charge in [-0.05, 0) is 38.5 Å². The Labute approximate surface area is 123 Å². The van der Waals surface area contributed by atoms with Crippen molar-refractivity contribution in [3.63, 3.8) is 0 Å². The second-order valence-electron chi connectivity index (χ2n) is 5.56. The van der Waals surface area contributed by atoms with E-state index >= 15 is 0 Å². The van der Waals surface area contributed by atoms with Crippen LogP contribution in [0.3, 0.4) is 0 Å². The molecule has 1 aromatic rings. The molecule has 0 saturated carbocycles. The van der Waals surface area contributed by atoms with E-state index in [1.165, 1.54) is 18.2 Å². The number of ketones is 1. The van der Waals surface area contributed by atoms with E-state index in [4.69, 9.17) is 10.2 Å². The molecule has 0 saturated heterocycles. The van der Waals surface area contributed by atoms with Gasteiger partial charge in [-0.3, -0.25) is 9.59 Å². The topological polar surface area (TPSA) is 107 Å². The zero-order chi connectivity index (χ0) is 16.0. The molecule has 0 unspecified atom stereocenters. The molecule has 1 rings (SSSR count). The standard InChI is InChI=1S/C15H21NO5/c1-15(2,6-5-14(20)21)16-8-13(19)10-3-4-12(18)11(7-10)9-17/h3-4,7,16-18H,5-6,8-9H2,1-2H3,(H,20,21). The van der Waals surface area contributed by atoms with Crippen LogP contribution < -0.4 is 5.32 Å². The number of hydrogen-bond donors (Lipinski definition) is 4. The van der Waals surface area contributed by atoms with Crippen molar-refractivity contribution in [2.45, 2.75) is 38.8 Å². The van der Waals surface area contributed by atoms with E-state index in [1.807, 2.05) is 13.8 Å². The summed E-state index contributed by atoms with van der Waals surface area (Å²) in [6, 6.07) is 4.31. The van der Waals surface area contributed by atoms with Crippen molar-refractivity contribution in [1.82, 2.24) is 5.32 Å². The number of aromatic hydroxyl groups is 1. The van der Waals surface area contributed by atoms with Crippen LogP contribution in [0.4, 0.5) is 0 Å². The fraction of sp³-hybridized carbons (Fsp3) is 0.467. The zero-order valence-corrected chi connectivity index (χ0v) is 12.2. The van der Waals surface area contributed by atoms with Gasteiger partial charge in [0.15, 0.2) is 5.78 Å². The Hall–Kier alpha value is -1.92. The maximum Gasteiger partial charge on any atom is 0.303 e. The minimum absolute atomic E-state index is 0.0298. The van der Waals surface area contributed by atoms with E-state index in [9.17, 15) is 14.7 Å². The number of benzene rings is 1. The van der Waals surface area contributed by atoms with Crippen LogP contribution in [-0.2, 0) is 11.4 Å². The molecular weight excluding hydrogens is 274 g/mol. The van der Waals surface area contributed by atoms with Gasteiger partial charge in [-0.25, -0.2) is 0 Å². The van der Waals surface area contributed by atoms with Gasteiger partial charge in [0.05, 0.1) is 13.2 Å². The van der Waals surface area contributed by atoms with Gasteiger partial charge >= 0.3 is 5.97 Å². The highest BCUT2D eigenvalue weighted by atomic mass is 16.4. The summed E-state index contributed by atoms with van der Waals surface area (Å²) in [5.74, 6) is -1.11. The number of nitrogens with one attached hydrogen (secondary N) is 1. The summed E-state index contributed by atoms with van der Waals surface area (Å²) in [6.07, 6.45) is 0.440. The number of phenols is 1. The molecule has 116 valence electrons. The third kappa shape index (κ3) is 5.53. The number of Topliss-reactive ketones (excluding diaryl/α,β-unsaturated/α-hetero) is 1. The largest absolute Gasteiger partial charge is 0.508 e. The van der Waals surface area contributed by atoms with Gasteiger partial charge in [0.2, 0.25) is 0 Å². The number of aliphatic hydroxyl groups is 1. The van der Waals surface area contributed by atoms with Crippen LogP contribution >= 0.6 is 0 Å². The van der Waals surface area contributed by atoms with Crippen LogP contribution in [0, 0.1) is 0 Å². The molecule has 0 aliphatic carbocycles. The van der Waals surface area contributed by atoms with Gasteiger partial charge in [-0.1, -0.05) is 0 Å². The first-order chi connectivity index (χ1) is 9.75. The summed E-state index contributed by atoms with van der Waals surface area (Å²) in [6.45, 7) is 3.38. The molecule has 0 aliphatic rings. The quantitative estimate of drug-likeness (QED) is 0.539. The average Bonchev–Trinajstić information content (AvgIpc) is 2.43. The molecule has 0 radical (unpaired) electrons. The fourth-order valence-electron chi connectivity index (χ4n) is 1.82. The molecule has 4 N–H and O–H groups in total. The summed E-state index contributed by atoms with van der Waals surface area (Å²) in [5, 5.41) is 30.2. The van der Waals surface area contributed by atoms with Crippen LogP contribution in [0.2, 0.25) is 0 Å². The summed E-state index contributed by atoms with van der Waals surface area (Å²) in [4.78, 5) is 22.6. The molecule has 0 atom stereocenters. The average molecular weight is 295 g/mol. The second-order valence-corrected chi connectivity index (χ2v) is 5.56. The van der Waals surface area contributed by atoms with E-state index < -0.39 is 11.5 Å². The van der Waals surface area contributed by atoms with Crippen LogP contribution in [-0.4, -0.2) is 39.2 Å². The number of aliphatic carboxylic acids is 1. The van der Waals surface area contributed by atoms with Crippen molar-refractivity contribution in [2.75, 3.05) is 6.54 Å². The monoisotopic (exact) mass is 295 g/mol. The highest BCUT2D eigenvalue weighted by Gasteiger charge is 2.20. The first-order valence-corrected chi connectivity index (χ1v) is 6.68. The number of hydrogen-bond acceptors (Lipinski definition) is 5. The Morgan fingerprint density at radius 3 is 2.52 bits per heavy atom. The predicted molar refractivity (Wildman–Crippen MR) is 77.3 cm³/mol. The Balaban J connectivity index is 2.63.